The van der Waals surface area contributed by atoms with Gasteiger partial charge in [0.2, 0.25) is 0 Å². The molecule has 0 radical (unpaired) electrons. The molecule has 0 unspecified atom stereocenters. The van der Waals surface area contributed by atoms with Crippen LogP contribution in [0, 0.1) is 0 Å². The van der Waals surface area contributed by atoms with E-state index in [-0.39, 0.29) is 0 Å². The third-order valence-corrected chi connectivity index (χ3v) is 12.2. The molecule has 5 heteroatoms. The van der Waals surface area contributed by atoms with E-state index in [1.807, 2.05) is 0 Å². The Labute approximate surface area is 319 Å². The molecule has 4 aromatic heterocycles. The second kappa shape index (κ2) is 11.7. The van der Waals surface area contributed by atoms with E-state index >= 15 is 0 Å². The zero-order valence-electron chi connectivity index (χ0n) is 29.4. The summed E-state index contributed by atoms with van der Waals surface area (Å²) in [6.07, 6.45) is 0. The van der Waals surface area contributed by atoms with Crippen molar-refractivity contribution in [3.05, 3.63) is 176 Å². The monoisotopic (exact) mass is 719 g/mol. The second-order valence-electron chi connectivity index (χ2n) is 14.1. The Morgan fingerprint density at radius 2 is 1.20 bits per heavy atom. The Balaban J connectivity index is 1.12. The maximum absolute atomic E-state index is 6.92. The predicted octanol–water partition coefficient (Wildman–Crippen LogP) is 14.0. The molecule has 0 atom stereocenters. The van der Waals surface area contributed by atoms with Crippen LogP contribution in [0.5, 0.6) is 0 Å². The molecule has 256 valence electrons. The van der Waals surface area contributed by atoms with Gasteiger partial charge < -0.3 is 8.98 Å². The van der Waals surface area contributed by atoms with Gasteiger partial charge >= 0.3 is 0 Å². The molecule has 12 rings (SSSR count). The zero-order chi connectivity index (χ0) is 36.0. The number of fused-ring (bicyclic) bond motifs is 11. The van der Waals surface area contributed by atoms with Crippen molar-refractivity contribution in [1.82, 2.24) is 14.5 Å². The van der Waals surface area contributed by atoms with Gasteiger partial charge in [-0.3, -0.25) is 0 Å². The summed E-state index contributed by atoms with van der Waals surface area (Å²) >= 11 is 1.75. The van der Waals surface area contributed by atoms with Gasteiger partial charge in [-0.15, -0.1) is 11.3 Å². The molecule has 0 aliphatic heterocycles. The second-order valence-corrected chi connectivity index (χ2v) is 15.1. The van der Waals surface area contributed by atoms with Gasteiger partial charge in [0.05, 0.1) is 32.6 Å². The lowest BCUT2D eigenvalue weighted by molar-refractivity contribution is 0.666. The summed E-state index contributed by atoms with van der Waals surface area (Å²) in [5, 5.41) is 8.02. The SMILES string of the molecule is c1ccc(-c2ccc(-c3nc(-c4cccc5oc6c(-n7c8ccccc8c8ccc9ccccc9c87)cccc6c45)nc4c3sc3ccccc34)cc2)cc1. The van der Waals surface area contributed by atoms with E-state index in [0.717, 1.165) is 65.6 Å². The minimum absolute atomic E-state index is 0.680. The largest absolute Gasteiger partial charge is 0.454 e. The first-order chi connectivity index (χ1) is 27.3. The molecule has 4 nitrogen and oxygen atoms in total. The summed E-state index contributed by atoms with van der Waals surface area (Å²) in [7, 11) is 0. The van der Waals surface area contributed by atoms with Gasteiger partial charge in [0.25, 0.3) is 0 Å². The van der Waals surface area contributed by atoms with Gasteiger partial charge in [0.15, 0.2) is 11.4 Å². The van der Waals surface area contributed by atoms with Crippen molar-refractivity contribution in [3.8, 4) is 39.5 Å². The minimum Gasteiger partial charge on any atom is -0.454 e. The molecular weight excluding hydrogens is 691 g/mol. The molecule has 4 heterocycles. The zero-order valence-corrected chi connectivity index (χ0v) is 30.2. The van der Waals surface area contributed by atoms with Crippen molar-refractivity contribution < 1.29 is 4.42 Å². The van der Waals surface area contributed by atoms with Gasteiger partial charge in [0.1, 0.15) is 5.58 Å². The Kier molecular flexibility index (Phi) is 6.47. The van der Waals surface area contributed by atoms with Gasteiger partial charge in [0, 0.05) is 48.1 Å². The lowest BCUT2D eigenvalue weighted by Crippen LogP contribution is -1.95. The summed E-state index contributed by atoms with van der Waals surface area (Å²) in [6.45, 7) is 0. The van der Waals surface area contributed by atoms with Crippen molar-refractivity contribution in [3.63, 3.8) is 0 Å². The number of hydrogen-bond donors (Lipinski definition) is 0. The van der Waals surface area contributed by atoms with Crippen LogP contribution in [0.3, 0.4) is 0 Å². The van der Waals surface area contributed by atoms with Crippen LogP contribution in [0.25, 0.3) is 114 Å². The number of thiophene rings is 1. The maximum atomic E-state index is 6.92. The van der Waals surface area contributed by atoms with E-state index in [4.69, 9.17) is 14.4 Å². The standard InChI is InChI=1S/C50H29N3OS/c1-2-12-30(13-3-1)31-24-26-33(27-25-31)45-49-46(37-17-7-9-23-43(37)55-49)52-50(51-45)39-19-11-22-42-44(39)38-18-10-21-41(48(38)54-42)53-40-20-8-6-16-35(40)36-29-28-32-14-4-5-15-34(32)47(36)53/h1-29H. The number of para-hydroxylation sites is 2. The summed E-state index contributed by atoms with van der Waals surface area (Å²) in [4.78, 5) is 10.8. The molecule has 0 amide bonds. The quantitative estimate of drug-likeness (QED) is 0.182. The smallest absolute Gasteiger partial charge is 0.161 e. The Bertz CT molecular complexity index is 3480. The Hall–Kier alpha value is -7.08. The fraction of sp³-hybridized carbons (Fsp3) is 0. The molecule has 0 bridgehead atoms. The first-order valence-electron chi connectivity index (χ1n) is 18.5. The van der Waals surface area contributed by atoms with E-state index in [1.165, 1.54) is 42.9 Å². The van der Waals surface area contributed by atoms with Crippen molar-refractivity contribution >= 4 is 86.2 Å². The first-order valence-corrected chi connectivity index (χ1v) is 19.3. The summed E-state index contributed by atoms with van der Waals surface area (Å²) in [5.74, 6) is 0.680. The lowest BCUT2D eigenvalue weighted by atomic mass is 10.0. The van der Waals surface area contributed by atoms with Gasteiger partial charge in [-0.05, 0) is 40.8 Å². The van der Waals surface area contributed by atoms with Gasteiger partial charge in [-0.2, -0.15) is 0 Å². The summed E-state index contributed by atoms with van der Waals surface area (Å²) < 4.78 is 11.6. The minimum atomic E-state index is 0.680. The topological polar surface area (TPSA) is 43.9 Å². The maximum Gasteiger partial charge on any atom is 0.161 e. The molecule has 0 N–H and O–H groups in total. The lowest BCUT2D eigenvalue weighted by Gasteiger charge is -2.11. The predicted molar refractivity (Wildman–Crippen MR) is 230 cm³/mol. The average Bonchev–Trinajstić information content (AvgIpc) is 3.94. The van der Waals surface area contributed by atoms with Gasteiger partial charge in [-0.1, -0.05) is 152 Å². The molecular formula is C50H29N3OS. The van der Waals surface area contributed by atoms with Crippen molar-refractivity contribution in [2.75, 3.05) is 0 Å². The highest BCUT2D eigenvalue weighted by atomic mass is 32.1. The Morgan fingerprint density at radius 3 is 2.09 bits per heavy atom. The molecule has 0 aliphatic rings. The van der Waals surface area contributed by atoms with Crippen LogP contribution in [0.15, 0.2) is 180 Å². The first kappa shape index (κ1) is 30.4. The number of benzene rings is 8. The summed E-state index contributed by atoms with van der Waals surface area (Å²) in [5.41, 5.74) is 11.2. The van der Waals surface area contributed by atoms with E-state index in [1.54, 1.807) is 11.3 Å². The van der Waals surface area contributed by atoms with Crippen LogP contribution in [0.4, 0.5) is 0 Å². The van der Waals surface area contributed by atoms with Crippen LogP contribution < -0.4 is 0 Å². The molecule has 0 fully saturated rings. The van der Waals surface area contributed by atoms with Crippen molar-refractivity contribution in [2.45, 2.75) is 0 Å². The fourth-order valence-electron chi connectivity index (χ4n) is 8.53. The highest BCUT2D eigenvalue weighted by Gasteiger charge is 2.23. The average molecular weight is 720 g/mol. The third kappa shape index (κ3) is 4.51. The fourth-order valence-corrected chi connectivity index (χ4v) is 9.69. The number of rotatable bonds is 4. The van der Waals surface area contributed by atoms with E-state index in [0.29, 0.717) is 5.82 Å². The molecule has 55 heavy (non-hydrogen) atoms. The van der Waals surface area contributed by atoms with Crippen LogP contribution in [0.2, 0.25) is 0 Å². The normalized spacial score (nSPS) is 12.0. The third-order valence-electron chi connectivity index (χ3n) is 11.0. The van der Waals surface area contributed by atoms with Crippen molar-refractivity contribution in [2.24, 2.45) is 0 Å². The van der Waals surface area contributed by atoms with Crippen LogP contribution in [-0.2, 0) is 0 Å². The molecule has 0 saturated heterocycles. The van der Waals surface area contributed by atoms with Crippen LogP contribution in [-0.4, -0.2) is 14.5 Å². The molecule has 8 aromatic carbocycles. The van der Waals surface area contributed by atoms with Crippen molar-refractivity contribution in [1.29, 1.82) is 0 Å². The van der Waals surface area contributed by atoms with E-state index in [2.05, 4.69) is 180 Å². The Morgan fingerprint density at radius 1 is 0.491 bits per heavy atom. The number of aromatic nitrogens is 3. The van der Waals surface area contributed by atoms with Crippen LogP contribution >= 0.6 is 11.3 Å². The molecule has 0 spiro atoms. The highest BCUT2D eigenvalue weighted by Crippen LogP contribution is 2.44. The van der Waals surface area contributed by atoms with Crippen LogP contribution in [0.1, 0.15) is 0 Å². The van der Waals surface area contributed by atoms with E-state index in [9.17, 15) is 0 Å². The molecule has 0 aliphatic carbocycles. The molecule has 0 saturated carbocycles. The number of hydrogen-bond acceptors (Lipinski definition) is 4. The number of nitrogens with zero attached hydrogens (tertiary/aromatic N) is 3. The summed E-state index contributed by atoms with van der Waals surface area (Å²) in [6, 6.07) is 62.3. The highest BCUT2D eigenvalue weighted by molar-refractivity contribution is 7.26. The van der Waals surface area contributed by atoms with E-state index < -0.39 is 0 Å². The number of furan rings is 1. The van der Waals surface area contributed by atoms with Gasteiger partial charge in [-0.25, -0.2) is 9.97 Å². The molecule has 12 aromatic rings.